The SMILES string of the molecule is NC1=N[C@@H]2[C@@H](O)[C@H](O)C(C(F)F)O[C@@H]2S1. The molecule has 5 nitrogen and oxygen atoms in total. The smallest absolute Gasteiger partial charge is 0.267 e. The van der Waals surface area contributed by atoms with E-state index in [4.69, 9.17) is 10.5 Å². The predicted molar refractivity (Wildman–Crippen MR) is 49.7 cm³/mol. The summed E-state index contributed by atoms with van der Waals surface area (Å²) in [6, 6.07) is -0.764. The highest BCUT2D eigenvalue weighted by Gasteiger charge is 2.50. The number of nitrogens with two attached hydrogens (primary N) is 1. The van der Waals surface area contributed by atoms with Gasteiger partial charge in [-0.1, -0.05) is 11.8 Å². The number of aliphatic imine (C=N–C) groups is 1. The lowest BCUT2D eigenvalue weighted by atomic mass is 9.98. The Balaban J connectivity index is 2.16. The number of thioether (sulfide) groups is 1. The first-order valence-corrected chi connectivity index (χ1v) is 5.18. The second-order valence-electron chi connectivity index (χ2n) is 3.36. The number of hydrogen-bond acceptors (Lipinski definition) is 6. The molecule has 2 aliphatic rings. The number of aliphatic hydroxyl groups is 2. The van der Waals surface area contributed by atoms with Gasteiger partial charge >= 0.3 is 0 Å². The third-order valence-corrected chi connectivity index (χ3v) is 3.34. The fourth-order valence-corrected chi connectivity index (χ4v) is 2.58. The van der Waals surface area contributed by atoms with E-state index in [1.54, 1.807) is 0 Å². The van der Waals surface area contributed by atoms with Crippen molar-refractivity contribution in [2.75, 3.05) is 0 Å². The van der Waals surface area contributed by atoms with E-state index < -0.39 is 36.2 Å². The highest BCUT2D eigenvalue weighted by molar-refractivity contribution is 8.14. The van der Waals surface area contributed by atoms with E-state index in [9.17, 15) is 19.0 Å². The van der Waals surface area contributed by atoms with Gasteiger partial charge in [0.15, 0.2) is 5.17 Å². The zero-order chi connectivity index (χ0) is 11.2. The Labute approximate surface area is 88.3 Å². The number of fused-ring (bicyclic) bond motifs is 1. The maximum Gasteiger partial charge on any atom is 0.267 e. The van der Waals surface area contributed by atoms with E-state index >= 15 is 0 Å². The molecule has 0 spiro atoms. The maximum absolute atomic E-state index is 12.4. The van der Waals surface area contributed by atoms with Crippen LogP contribution in [0.3, 0.4) is 0 Å². The minimum Gasteiger partial charge on any atom is -0.388 e. The highest BCUT2D eigenvalue weighted by Crippen LogP contribution is 2.36. The van der Waals surface area contributed by atoms with Crippen molar-refractivity contribution >= 4 is 16.9 Å². The Kier molecular flexibility index (Phi) is 2.84. The number of halogens is 2. The van der Waals surface area contributed by atoms with Crippen molar-refractivity contribution in [1.82, 2.24) is 0 Å². The quantitative estimate of drug-likeness (QED) is 0.554. The molecule has 0 amide bonds. The van der Waals surface area contributed by atoms with Crippen molar-refractivity contribution in [3.63, 3.8) is 0 Å². The average molecular weight is 240 g/mol. The van der Waals surface area contributed by atoms with Crippen molar-refractivity contribution in [3.05, 3.63) is 0 Å². The molecule has 0 saturated carbocycles. The molecular formula is C7H10F2N2O3S. The van der Waals surface area contributed by atoms with Crippen molar-refractivity contribution in [1.29, 1.82) is 0 Å². The van der Waals surface area contributed by atoms with Crippen molar-refractivity contribution in [2.24, 2.45) is 10.7 Å². The summed E-state index contributed by atoms with van der Waals surface area (Å²) in [7, 11) is 0. The van der Waals surface area contributed by atoms with Gasteiger partial charge in [-0.05, 0) is 0 Å². The van der Waals surface area contributed by atoms with E-state index in [2.05, 4.69) is 4.99 Å². The molecule has 0 bridgehead atoms. The van der Waals surface area contributed by atoms with Gasteiger partial charge in [0.05, 0.1) is 0 Å². The molecule has 2 heterocycles. The van der Waals surface area contributed by atoms with Crippen LogP contribution in [0.15, 0.2) is 4.99 Å². The van der Waals surface area contributed by atoms with Crippen LogP contribution in [0.5, 0.6) is 0 Å². The number of nitrogens with zero attached hydrogens (tertiary/aromatic N) is 1. The second-order valence-corrected chi connectivity index (χ2v) is 4.48. The van der Waals surface area contributed by atoms with Crippen LogP contribution in [-0.2, 0) is 4.74 Å². The predicted octanol–water partition coefficient (Wildman–Crippen LogP) is -0.872. The Bertz CT molecular complexity index is 291. The molecule has 1 unspecified atom stereocenters. The molecule has 0 aromatic carbocycles. The Morgan fingerprint density at radius 2 is 2.07 bits per heavy atom. The molecule has 0 aromatic heterocycles. The first-order chi connectivity index (χ1) is 7.00. The third-order valence-electron chi connectivity index (χ3n) is 2.37. The van der Waals surface area contributed by atoms with Gasteiger partial charge < -0.3 is 20.7 Å². The van der Waals surface area contributed by atoms with Crippen LogP contribution in [-0.4, -0.2) is 51.6 Å². The largest absolute Gasteiger partial charge is 0.388 e. The van der Waals surface area contributed by atoms with Crippen LogP contribution in [0.25, 0.3) is 0 Å². The van der Waals surface area contributed by atoms with Gasteiger partial charge in [-0.3, -0.25) is 4.99 Å². The molecule has 1 fully saturated rings. The zero-order valence-corrected chi connectivity index (χ0v) is 8.27. The lowest BCUT2D eigenvalue weighted by Gasteiger charge is -2.37. The van der Waals surface area contributed by atoms with Crippen LogP contribution >= 0.6 is 11.8 Å². The van der Waals surface area contributed by atoms with Crippen molar-refractivity contribution in [2.45, 2.75) is 36.2 Å². The molecule has 2 rings (SSSR count). The Morgan fingerprint density at radius 3 is 2.67 bits per heavy atom. The fourth-order valence-electron chi connectivity index (χ4n) is 1.61. The van der Waals surface area contributed by atoms with Crippen molar-refractivity contribution in [3.8, 4) is 0 Å². The first kappa shape index (κ1) is 11.1. The standard InChI is InChI=1S/C7H10F2N2O3S/c8-5(9)4-3(13)2(12)1-6(14-4)15-7(10)11-1/h1-6,12-13H,(H2,10,11)/t1-,2-,3+,4?,6-/m1/s1. The van der Waals surface area contributed by atoms with Crippen LogP contribution < -0.4 is 5.73 Å². The van der Waals surface area contributed by atoms with E-state index in [0.29, 0.717) is 0 Å². The summed E-state index contributed by atoms with van der Waals surface area (Å²) >= 11 is 0.977. The molecule has 15 heavy (non-hydrogen) atoms. The number of rotatable bonds is 1. The van der Waals surface area contributed by atoms with Crippen LogP contribution in [0.4, 0.5) is 8.78 Å². The summed E-state index contributed by atoms with van der Waals surface area (Å²) in [5, 5.41) is 19.1. The summed E-state index contributed by atoms with van der Waals surface area (Å²) in [6.45, 7) is 0. The molecular weight excluding hydrogens is 230 g/mol. The number of alkyl halides is 2. The maximum atomic E-state index is 12.4. The Morgan fingerprint density at radius 1 is 1.40 bits per heavy atom. The molecule has 86 valence electrons. The topological polar surface area (TPSA) is 88.1 Å². The van der Waals surface area contributed by atoms with E-state index in [0.717, 1.165) is 11.8 Å². The molecule has 1 saturated heterocycles. The summed E-state index contributed by atoms with van der Waals surface area (Å²) in [6.07, 6.45) is -7.54. The zero-order valence-electron chi connectivity index (χ0n) is 7.46. The fraction of sp³-hybridized carbons (Fsp3) is 0.857. The molecule has 0 aliphatic carbocycles. The number of aliphatic hydroxyl groups excluding tert-OH is 2. The molecule has 2 aliphatic heterocycles. The first-order valence-electron chi connectivity index (χ1n) is 4.30. The highest BCUT2D eigenvalue weighted by atomic mass is 32.2. The van der Waals surface area contributed by atoms with E-state index in [1.165, 1.54) is 0 Å². The summed E-state index contributed by atoms with van der Waals surface area (Å²) in [5.41, 5.74) is 4.64. The molecule has 0 radical (unpaired) electrons. The van der Waals surface area contributed by atoms with Crippen molar-refractivity contribution < 1.29 is 23.7 Å². The third kappa shape index (κ3) is 1.82. The molecule has 8 heteroatoms. The second kappa shape index (κ2) is 3.85. The normalized spacial score (nSPS) is 45.4. The van der Waals surface area contributed by atoms with Crippen LogP contribution in [0, 0.1) is 0 Å². The lowest BCUT2D eigenvalue weighted by molar-refractivity contribution is -0.193. The van der Waals surface area contributed by atoms with Gasteiger partial charge in [0.1, 0.15) is 29.8 Å². The summed E-state index contributed by atoms with van der Waals surface area (Å²) < 4.78 is 29.8. The van der Waals surface area contributed by atoms with Gasteiger partial charge in [0.2, 0.25) is 0 Å². The van der Waals surface area contributed by atoms with Gasteiger partial charge in [-0.2, -0.15) is 0 Å². The van der Waals surface area contributed by atoms with Gasteiger partial charge in [-0.15, -0.1) is 0 Å². The minimum atomic E-state index is -2.85. The van der Waals surface area contributed by atoms with Crippen LogP contribution in [0.1, 0.15) is 0 Å². The summed E-state index contributed by atoms with van der Waals surface area (Å²) in [4.78, 5) is 3.81. The van der Waals surface area contributed by atoms with E-state index in [1.807, 2.05) is 0 Å². The van der Waals surface area contributed by atoms with Gasteiger partial charge in [0.25, 0.3) is 6.43 Å². The minimum absolute atomic E-state index is 0.172. The monoisotopic (exact) mass is 240 g/mol. The molecule has 0 aromatic rings. The number of ether oxygens (including phenoxy) is 1. The van der Waals surface area contributed by atoms with E-state index in [-0.39, 0.29) is 5.17 Å². The van der Waals surface area contributed by atoms with Crippen LogP contribution in [0.2, 0.25) is 0 Å². The number of amidine groups is 1. The molecule has 5 atom stereocenters. The summed E-state index contributed by atoms with van der Waals surface area (Å²) in [5.74, 6) is 0. The lowest BCUT2D eigenvalue weighted by Crippen LogP contribution is -2.56. The van der Waals surface area contributed by atoms with Gasteiger partial charge in [-0.25, -0.2) is 8.78 Å². The average Bonchev–Trinajstić information content (AvgIpc) is 2.52. The molecule has 4 N–H and O–H groups in total. The van der Waals surface area contributed by atoms with Gasteiger partial charge in [0, 0.05) is 0 Å². The number of hydrogen-bond donors (Lipinski definition) is 3. The Hall–Kier alpha value is -0.440.